The van der Waals surface area contributed by atoms with Crippen molar-refractivity contribution in [2.75, 3.05) is 4.90 Å². The minimum Gasteiger partial charge on any atom is -0.365 e. The molecular weight excluding hydrogens is 288 g/mol. The van der Waals surface area contributed by atoms with Crippen molar-refractivity contribution in [1.82, 2.24) is 0 Å². The Hall–Kier alpha value is -1.58. The second-order valence-corrected chi connectivity index (χ2v) is 7.59. The number of hydrogen-bond donors (Lipinski definition) is 0. The summed E-state index contributed by atoms with van der Waals surface area (Å²) in [5, 5.41) is 11.1. The molecule has 0 N–H and O–H groups in total. The molecule has 0 radical (unpaired) electrons. The van der Waals surface area contributed by atoms with E-state index < -0.39 is 0 Å². The number of nitrogens with zero attached hydrogens (tertiary/aromatic N) is 2. The summed E-state index contributed by atoms with van der Waals surface area (Å²) in [5.74, 6) is 0.695. The van der Waals surface area contributed by atoms with Crippen LogP contribution in [-0.2, 0) is 6.42 Å². The van der Waals surface area contributed by atoms with Gasteiger partial charge >= 0.3 is 0 Å². The molecule has 4 heteroatoms. The van der Waals surface area contributed by atoms with Crippen molar-refractivity contribution in [2.24, 2.45) is 5.92 Å². The maximum absolute atomic E-state index is 11.1. The minimum absolute atomic E-state index is 0.251. The summed E-state index contributed by atoms with van der Waals surface area (Å²) in [6.07, 6.45) is 12.9. The molecule has 1 aromatic rings. The summed E-state index contributed by atoms with van der Waals surface area (Å²) in [4.78, 5) is 13.6. The molecule has 1 heterocycles. The van der Waals surface area contributed by atoms with Crippen LogP contribution in [0.3, 0.4) is 0 Å². The SMILES string of the molecule is O=[N+]([O-])c1ccc2c(c1)C[C@@H]1CCCC[C@@H]1N2C1CCCCC1. The topological polar surface area (TPSA) is 46.4 Å². The van der Waals surface area contributed by atoms with E-state index in [1.807, 2.05) is 12.1 Å². The van der Waals surface area contributed by atoms with Crippen molar-refractivity contribution in [3.8, 4) is 0 Å². The number of nitro groups is 1. The summed E-state index contributed by atoms with van der Waals surface area (Å²) >= 11 is 0. The van der Waals surface area contributed by atoms with Crippen molar-refractivity contribution in [2.45, 2.75) is 76.3 Å². The fraction of sp³-hybridized carbons (Fsp3) is 0.684. The third-order valence-corrected chi connectivity index (χ3v) is 6.23. The molecule has 0 saturated heterocycles. The summed E-state index contributed by atoms with van der Waals surface area (Å²) in [6.45, 7) is 0. The summed E-state index contributed by atoms with van der Waals surface area (Å²) in [7, 11) is 0. The molecule has 4 nitrogen and oxygen atoms in total. The van der Waals surface area contributed by atoms with Gasteiger partial charge in [-0.1, -0.05) is 32.1 Å². The van der Waals surface area contributed by atoms with Crippen molar-refractivity contribution in [1.29, 1.82) is 0 Å². The highest BCUT2D eigenvalue weighted by atomic mass is 16.6. The highest BCUT2D eigenvalue weighted by molar-refractivity contribution is 5.61. The Bertz CT molecular complexity index is 595. The van der Waals surface area contributed by atoms with Gasteiger partial charge in [-0.2, -0.15) is 0 Å². The average molecular weight is 314 g/mol. The Labute approximate surface area is 138 Å². The zero-order chi connectivity index (χ0) is 15.8. The van der Waals surface area contributed by atoms with E-state index in [0.29, 0.717) is 18.0 Å². The van der Waals surface area contributed by atoms with Gasteiger partial charge in [-0.05, 0) is 49.7 Å². The van der Waals surface area contributed by atoms with Crippen LogP contribution in [0.25, 0.3) is 0 Å². The standard InChI is InChI=1S/C19H26N2O2/c22-21(23)17-10-11-19-15(13-17)12-14-6-4-5-9-18(14)20(19)16-7-2-1-3-8-16/h10-11,13-14,16,18H,1-9,12H2/t14-,18-/m0/s1. The van der Waals surface area contributed by atoms with E-state index >= 15 is 0 Å². The Morgan fingerprint density at radius 3 is 2.52 bits per heavy atom. The normalized spacial score (nSPS) is 28.1. The van der Waals surface area contributed by atoms with E-state index in [0.717, 1.165) is 6.42 Å². The van der Waals surface area contributed by atoms with E-state index in [9.17, 15) is 10.1 Å². The van der Waals surface area contributed by atoms with Crippen molar-refractivity contribution < 1.29 is 4.92 Å². The molecular formula is C19H26N2O2. The number of benzene rings is 1. The van der Waals surface area contributed by atoms with Crippen LogP contribution in [0.2, 0.25) is 0 Å². The van der Waals surface area contributed by atoms with Gasteiger partial charge in [0, 0.05) is 29.9 Å². The average Bonchev–Trinajstić information content (AvgIpc) is 2.59. The molecule has 3 aliphatic rings. The molecule has 124 valence electrons. The maximum Gasteiger partial charge on any atom is 0.269 e. The van der Waals surface area contributed by atoms with E-state index in [4.69, 9.17) is 0 Å². The molecule has 0 spiro atoms. The van der Waals surface area contributed by atoms with Crippen molar-refractivity contribution in [3.05, 3.63) is 33.9 Å². The number of non-ortho nitro benzene ring substituents is 1. The highest BCUT2D eigenvalue weighted by Crippen LogP contribution is 2.44. The molecule has 23 heavy (non-hydrogen) atoms. The lowest BCUT2D eigenvalue weighted by molar-refractivity contribution is -0.384. The van der Waals surface area contributed by atoms with Gasteiger partial charge in [0.2, 0.25) is 0 Å². The number of anilines is 1. The third-order valence-electron chi connectivity index (χ3n) is 6.23. The van der Waals surface area contributed by atoms with Crippen LogP contribution in [0.1, 0.15) is 63.4 Å². The van der Waals surface area contributed by atoms with Crippen LogP contribution in [-0.4, -0.2) is 17.0 Å². The first-order chi connectivity index (χ1) is 11.2. The van der Waals surface area contributed by atoms with Gasteiger partial charge in [-0.15, -0.1) is 0 Å². The Kier molecular flexibility index (Phi) is 4.00. The number of rotatable bonds is 2. The summed E-state index contributed by atoms with van der Waals surface area (Å²) < 4.78 is 0. The van der Waals surface area contributed by atoms with Gasteiger partial charge in [0.15, 0.2) is 0 Å². The quantitative estimate of drug-likeness (QED) is 0.579. The molecule has 1 aromatic carbocycles. The van der Waals surface area contributed by atoms with Gasteiger partial charge in [-0.25, -0.2) is 0 Å². The van der Waals surface area contributed by atoms with Crippen LogP contribution < -0.4 is 4.90 Å². The van der Waals surface area contributed by atoms with E-state index in [2.05, 4.69) is 4.90 Å². The Morgan fingerprint density at radius 2 is 1.74 bits per heavy atom. The monoisotopic (exact) mass is 314 g/mol. The number of hydrogen-bond acceptors (Lipinski definition) is 3. The molecule has 0 bridgehead atoms. The van der Waals surface area contributed by atoms with Gasteiger partial charge in [-0.3, -0.25) is 10.1 Å². The van der Waals surface area contributed by atoms with Crippen LogP contribution in [0, 0.1) is 16.0 Å². The lowest BCUT2D eigenvalue weighted by atomic mass is 9.75. The van der Waals surface area contributed by atoms with E-state index in [1.165, 1.54) is 69.0 Å². The van der Waals surface area contributed by atoms with Crippen LogP contribution in [0.5, 0.6) is 0 Å². The van der Waals surface area contributed by atoms with Gasteiger partial charge in [0.1, 0.15) is 0 Å². The molecule has 2 fully saturated rings. The zero-order valence-corrected chi connectivity index (χ0v) is 13.7. The summed E-state index contributed by atoms with van der Waals surface area (Å²) in [6, 6.07) is 6.90. The predicted molar refractivity (Wildman–Crippen MR) is 91.9 cm³/mol. The highest BCUT2D eigenvalue weighted by Gasteiger charge is 2.39. The summed E-state index contributed by atoms with van der Waals surface area (Å²) in [5.41, 5.74) is 2.76. The second-order valence-electron chi connectivity index (χ2n) is 7.59. The van der Waals surface area contributed by atoms with Crippen molar-refractivity contribution >= 4 is 11.4 Å². The number of fused-ring (bicyclic) bond motifs is 2. The fourth-order valence-corrected chi connectivity index (χ4v) is 5.18. The van der Waals surface area contributed by atoms with Crippen molar-refractivity contribution in [3.63, 3.8) is 0 Å². The van der Waals surface area contributed by atoms with Crippen LogP contribution in [0.15, 0.2) is 18.2 Å². The molecule has 0 aromatic heterocycles. The first kappa shape index (κ1) is 15.0. The minimum atomic E-state index is -0.252. The lowest BCUT2D eigenvalue weighted by Gasteiger charge is -2.50. The van der Waals surface area contributed by atoms with E-state index in [1.54, 1.807) is 6.07 Å². The Balaban J connectivity index is 1.73. The van der Waals surface area contributed by atoms with Gasteiger partial charge in [0.25, 0.3) is 5.69 Å². The lowest BCUT2D eigenvalue weighted by Crippen LogP contribution is -2.52. The molecule has 2 atom stereocenters. The largest absolute Gasteiger partial charge is 0.365 e. The van der Waals surface area contributed by atoms with E-state index in [-0.39, 0.29) is 10.6 Å². The molecule has 0 unspecified atom stereocenters. The molecule has 1 aliphatic heterocycles. The maximum atomic E-state index is 11.1. The Morgan fingerprint density at radius 1 is 1.00 bits per heavy atom. The fourth-order valence-electron chi connectivity index (χ4n) is 5.18. The predicted octanol–water partition coefficient (Wildman–Crippen LogP) is 4.85. The first-order valence-corrected chi connectivity index (χ1v) is 9.29. The van der Waals surface area contributed by atoms with Gasteiger partial charge in [0.05, 0.1) is 4.92 Å². The molecule has 2 saturated carbocycles. The van der Waals surface area contributed by atoms with Crippen LogP contribution in [0.4, 0.5) is 11.4 Å². The molecule has 0 amide bonds. The first-order valence-electron chi connectivity index (χ1n) is 9.29. The third kappa shape index (κ3) is 2.73. The second kappa shape index (κ2) is 6.14. The number of nitro benzene ring substituents is 1. The smallest absolute Gasteiger partial charge is 0.269 e. The molecule has 4 rings (SSSR count). The van der Waals surface area contributed by atoms with Gasteiger partial charge < -0.3 is 4.90 Å². The zero-order valence-electron chi connectivity index (χ0n) is 13.7. The van der Waals surface area contributed by atoms with Crippen LogP contribution >= 0.6 is 0 Å². The molecule has 2 aliphatic carbocycles.